The van der Waals surface area contributed by atoms with Crippen LogP contribution in [-0.2, 0) is 16.6 Å². The maximum atomic E-state index is 12.6. The Labute approximate surface area is 168 Å². The molecule has 0 radical (unpaired) electrons. The highest BCUT2D eigenvalue weighted by molar-refractivity contribution is 6.00. The van der Waals surface area contributed by atoms with Crippen molar-refractivity contribution in [2.24, 2.45) is 7.05 Å². The number of carbonyl (C=O) groups is 3. The van der Waals surface area contributed by atoms with Crippen molar-refractivity contribution < 1.29 is 19.1 Å². The third-order valence-electron chi connectivity index (χ3n) is 5.70. The largest absolute Gasteiger partial charge is 0.486 e. The van der Waals surface area contributed by atoms with Crippen molar-refractivity contribution in [2.45, 2.75) is 38.2 Å². The maximum Gasteiger partial charge on any atom is 0.245 e. The molecule has 2 aliphatic heterocycles. The number of nitrogens with zero attached hydrogens (tertiary/aromatic N) is 3. The van der Waals surface area contributed by atoms with Gasteiger partial charge in [0.05, 0.1) is 18.5 Å². The quantitative estimate of drug-likeness (QED) is 0.857. The first-order valence-corrected chi connectivity index (χ1v) is 9.75. The lowest BCUT2D eigenvalue weighted by molar-refractivity contribution is -0.134. The number of hydrogen-bond acceptors (Lipinski definition) is 5. The Balaban J connectivity index is 1.43. The summed E-state index contributed by atoms with van der Waals surface area (Å²) in [6.07, 6.45) is 1.47. The molecular weight excluding hydrogens is 372 g/mol. The Hall–Kier alpha value is -3.16. The van der Waals surface area contributed by atoms with Crippen LogP contribution >= 0.6 is 0 Å². The maximum absolute atomic E-state index is 12.6. The highest BCUT2D eigenvalue weighted by atomic mass is 16.5. The van der Waals surface area contributed by atoms with Gasteiger partial charge in [-0.3, -0.25) is 19.1 Å². The van der Waals surface area contributed by atoms with Crippen LogP contribution in [0.3, 0.4) is 0 Å². The van der Waals surface area contributed by atoms with Gasteiger partial charge in [0.25, 0.3) is 0 Å². The average Bonchev–Trinajstić information content (AvgIpc) is 2.92. The van der Waals surface area contributed by atoms with Crippen LogP contribution in [0.1, 0.15) is 41.7 Å². The van der Waals surface area contributed by atoms with E-state index in [9.17, 15) is 14.4 Å². The topological polar surface area (TPSA) is 93.5 Å². The zero-order valence-electron chi connectivity index (χ0n) is 16.6. The molecule has 152 valence electrons. The molecule has 2 amide bonds. The van der Waals surface area contributed by atoms with Crippen molar-refractivity contribution in [3.8, 4) is 5.75 Å². The summed E-state index contributed by atoms with van der Waals surface area (Å²) in [6.45, 7) is 2.21. The number of anilines is 1. The first-order chi connectivity index (χ1) is 13.8. The predicted molar refractivity (Wildman–Crippen MR) is 106 cm³/mol. The fourth-order valence-corrected chi connectivity index (χ4v) is 3.95. The normalized spacial score (nSPS) is 21.5. The Morgan fingerprint density at radius 3 is 2.83 bits per heavy atom. The van der Waals surface area contributed by atoms with E-state index in [2.05, 4.69) is 10.4 Å². The molecule has 1 unspecified atom stereocenters. The van der Waals surface area contributed by atoms with Crippen LogP contribution in [0.5, 0.6) is 5.75 Å². The van der Waals surface area contributed by atoms with Gasteiger partial charge in [0.15, 0.2) is 11.6 Å². The molecule has 1 aromatic carbocycles. The smallest absolute Gasteiger partial charge is 0.245 e. The van der Waals surface area contributed by atoms with Crippen molar-refractivity contribution in [2.75, 3.05) is 18.4 Å². The number of nitrogens with one attached hydrogen (secondary N) is 1. The van der Waals surface area contributed by atoms with Gasteiger partial charge in [0.1, 0.15) is 11.4 Å². The number of benzene rings is 1. The number of fused-ring (bicyclic) bond motifs is 1. The van der Waals surface area contributed by atoms with Crippen LogP contribution in [0.25, 0.3) is 0 Å². The predicted octanol–water partition coefficient (Wildman–Crippen LogP) is 2.08. The Morgan fingerprint density at radius 1 is 1.28 bits per heavy atom. The van der Waals surface area contributed by atoms with E-state index in [0.717, 1.165) is 5.69 Å². The second-order valence-corrected chi connectivity index (χ2v) is 7.79. The molecule has 0 saturated carbocycles. The van der Waals surface area contributed by atoms with Gasteiger partial charge in [-0.25, -0.2) is 0 Å². The lowest BCUT2D eigenvalue weighted by Crippen LogP contribution is -2.43. The van der Waals surface area contributed by atoms with Crippen LogP contribution in [-0.4, -0.2) is 51.0 Å². The molecule has 29 heavy (non-hydrogen) atoms. The monoisotopic (exact) mass is 396 g/mol. The zero-order chi connectivity index (χ0) is 20.6. The number of para-hydroxylation sites is 1. The SMILES string of the molecule is Cc1cc(NC(=O)CN2CCC3(CCC2=O)CC(=O)c2ccccc2O3)nn1C. The van der Waals surface area contributed by atoms with Gasteiger partial charge in [0.2, 0.25) is 11.8 Å². The van der Waals surface area contributed by atoms with Gasteiger partial charge < -0.3 is 15.0 Å². The first kappa shape index (κ1) is 19.2. The van der Waals surface area contributed by atoms with Gasteiger partial charge in [-0.15, -0.1) is 0 Å². The highest BCUT2D eigenvalue weighted by Gasteiger charge is 2.43. The molecular formula is C21H24N4O4. The molecule has 1 saturated heterocycles. The molecule has 1 spiro atoms. The minimum absolute atomic E-state index is 0.0380. The van der Waals surface area contributed by atoms with Crippen LogP contribution in [0, 0.1) is 6.92 Å². The number of aromatic nitrogens is 2. The lowest BCUT2D eigenvalue weighted by Gasteiger charge is -2.37. The van der Waals surface area contributed by atoms with Gasteiger partial charge in [-0.2, -0.15) is 5.10 Å². The van der Waals surface area contributed by atoms with E-state index < -0.39 is 5.60 Å². The number of amides is 2. The van der Waals surface area contributed by atoms with E-state index in [4.69, 9.17) is 4.74 Å². The summed E-state index contributed by atoms with van der Waals surface area (Å²) in [5.41, 5.74) is 0.827. The highest BCUT2D eigenvalue weighted by Crippen LogP contribution is 2.39. The van der Waals surface area contributed by atoms with E-state index in [1.165, 1.54) is 4.90 Å². The number of ketones is 1. The molecule has 0 aliphatic carbocycles. The van der Waals surface area contributed by atoms with E-state index >= 15 is 0 Å². The molecule has 4 rings (SSSR count). The lowest BCUT2D eigenvalue weighted by atomic mass is 9.84. The Morgan fingerprint density at radius 2 is 2.07 bits per heavy atom. The number of rotatable bonds is 3. The zero-order valence-corrected chi connectivity index (χ0v) is 16.6. The Kier molecular flexibility index (Phi) is 4.86. The number of likely N-dealkylation sites (tertiary alicyclic amines) is 1. The summed E-state index contributed by atoms with van der Waals surface area (Å²) >= 11 is 0. The van der Waals surface area contributed by atoms with Crippen molar-refractivity contribution in [1.82, 2.24) is 14.7 Å². The van der Waals surface area contributed by atoms with E-state index in [-0.39, 0.29) is 37.0 Å². The molecule has 1 fully saturated rings. The molecule has 0 bridgehead atoms. The summed E-state index contributed by atoms with van der Waals surface area (Å²) in [6, 6.07) is 8.99. The second kappa shape index (κ2) is 7.35. The third-order valence-corrected chi connectivity index (χ3v) is 5.70. The third kappa shape index (κ3) is 3.87. The molecule has 2 aromatic rings. The number of Topliss-reactive ketones (excluding diaryl/α,β-unsaturated/α-hetero) is 1. The summed E-state index contributed by atoms with van der Waals surface area (Å²) < 4.78 is 7.88. The minimum atomic E-state index is -0.690. The molecule has 1 aromatic heterocycles. The Bertz CT molecular complexity index is 963. The molecule has 8 heteroatoms. The van der Waals surface area contributed by atoms with Crippen LogP contribution in [0.2, 0.25) is 0 Å². The summed E-state index contributed by atoms with van der Waals surface area (Å²) in [5, 5.41) is 6.94. The molecule has 8 nitrogen and oxygen atoms in total. The fourth-order valence-electron chi connectivity index (χ4n) is 3.95. The van der Waals surface area contributed by atoms with Gasteiger partial charge in [-0.1, -0.05) is 12.1 Å². The number of aryl methyl sites for hydroxylation is 2. The number of hydrogen-bond donors (Lipinski definition) is 1. The van der Waals surface area contributed by atoms with Crippen molar-refractivity contribution in [3.63, 3.8) is 0 Å². The minimum Gasteiger partial charge on any atom is -0.486 e. The van der Waals surface area contributed by atoms with E-state index in [0.29, 0.717) is 36.5 Å². The standard InChI is InChI=1S/C21H24N4O4/c1-14-11-18(23-24(14)2)22-19(27)13-25-10-9-21(8-7-20(25)28)12-16(26)15-5-3-4-6-17(15)29-21/h3-6,11H,7-10,12-13H2,1-2H3,(H,22,23,27). The molecule has 2 aliphatic rings. The summed E-state index contributed by atoms with van der Waals surface area (Å²) in [5.74, 6) is 0.679. The van der Waals surface area contributed by atoms with Crippen molar-refractivity contribution in [3.05, 3.63) is 41.6 Å². The van der Waals surface area contributed by atoms with Gasteiger partial charge in [0, 0.05) is 38.2 Å². The van der Waals surface area contributed by atoms with E-state index in [1.807, 2.05) is 19.1 Å². The van der Waals surface area contributed by atoms with Crippen LogP contribution < -0.4 is 10.1 Å². The molecule has 1 N–H and O–H groups in total. The number of carbonyl (C=O) groups excluding carboxylic acids is 3. The first-order valence-electron chi connectivity index (χ1n) is 9.75. The van der Waals surface area contributed by atoms with Crippen molar-refractivity contribution in [1.29, 1.82) is 0 Å². The fraction of sp³-hybridized carbons (Fsp3) is 0.429. The van der Waals surface area contributed by atoms with Crippen LogP contribution in [0.15, 0.2) is 30.3 Å². The average molecular weight is 396 g/mol. The molecule has 3 heterocycles. The second-order valence-electron chi connectivity index (χ2n) is 7.79. The van der Waals surface area contributed by atoms with Gasteiger partial charge >= 0.3 is 0 Å². The van der Waals surface area contributed by atoms with Crippen molar-refractivity contribution >= 4 is 23.4 Å². The molecule has 1 atom stereocenters. The van der Waals surface area contributed by atoms with Gasteiger partial charge in [-0.05, 0) is 25.5 Å². The summed E-state index contributed by atoms with van der Waals surface area (Å²) in [4.78, 5) is 39.1. The number of ether oxygens (including phenoxy) is 1. The summed E-state index contributed by atoms with van der Waals surface area (Å²) in [7, 11) is 1.80. The van der Waals surface area contributed by atoms with E-state index in [1.54, 1.807) is 29.9 Å². The van der Waals surface area contributed by atoms with Crippen LogP contribution in [0.4, 0.5) is 5.82 Å².